The van der Waals surface area contributed by atoms with Gasteiger partial charge in [-0.2, -0.15) is 0 Å². The van der Waals surface area contributed by atoms with E-state index in [1.165, 1.54) is 7.11 Å². The molecule has 0 spiro atoms. The second-order valence-electron chi connectivity index (χ2n) is 4.51. The molecule has 0 aliphatic carbocycles. The number of hydrogen-bond donors (Lipinski definition) is 1. The normalized spacial score (nSPS) is 20.9. The quantitative estimate of drug-likeness (QED) is 0.672. The molecule has 0 bridgehead atoms. The number of ether oxygens (including phenoxy) is 2. The summed E-state index contributed by atoms with van der Waals surface area (Å²) in [5.41, 5.74) is 0. The summed E-state index contributed by atoms with van der Waals surface area (Å²) in [7, 11) is 1.43. The van der Waals surface area contributed by atoms with Crippen LogP contribution >= 0.6 is 0 Å². The molecule has 0 saturated carbocycles. The highest BCUT2D eigenvalue weighted by Crippen LogP contribution is 2.04. The average Bonchev–Trinajstić information content (AvgIpc) is 2.38. The smallest absolute Gasteiger partial charge is 0.309 e. The molecule has 0 aromatic carbocycles. The van der Waals surface area contributed by atoms with Crippen molar-refractivity contribution in [2.24, 2.45) is 5.92 Å². The molecule has 100 valence electrons. The number of hydrogen-bond acceptors (Lipinski definition) is 5. The van der Waals surface area contributed by atoms with Gasteiger partial charge in [0.2, 0.25) is 0 Å². The molecule has 1 aliphatic rings. The average molecular weight is 244 g/mol. The molecule has 0 aromatic heterocycles. The number of nitrogens with one attached hydrogen (secondary N) is 1. The Kier molecular flexibility index (Phi) is 6.47. The van der Waals surface area contributed by atoms with Gasteiger partial charge in [-0.1, -0.05) is 6.92 Å². The van der Waals surface area contributed by atoms with E-state index in [-0.39, 0.29) is 17.9 Å². The van der Waals surface area contributed by atoms with Crippen LogP contribution in [0.4, 0.5) is 0 Å². The van der Waals surface area contributed by atoms with Crippen LogP contribution in [0.5, 0.6) is 0 Å². The molecule has 2 unspecified atom stereocenters. The molecule has 0 amide bonds. The Morgan fingerprint density at radius 3 is 2.65 bits per heavy atom. The largest absolute Gasteiger partial charge is 0.469 e. The van der Waals surface area contributed by atoms with Gasteiger partial charge in [-0.3, -0.25) is 9.69 Å². The van der Waals surface area contributed by atoms with Gasteiger partial charge in [0.1, 0.15) is 0 Å². The molecule has 0 radical (unpaired) electrons. The lowest BCUT2D eigenvalue weighted by Gasteiger charge is -2.27. The summed E-state index contributed by atoms with van der Waals surface area (Å²) in [6, 6.07) is 0.142. The van der Waals surface area contributed by atoms with Crippen LogP contribution in [0.1, 0.15) is 13.8 Å². The summed E-state index contributed by atoms with van der Waals surface area (Å²) in [5, 5.41) is 3.36. The fourth-order valence-electron chi connectivity index (χ4n) is 1.84. The van der Waals surface area contributed by atoms with E-state index in [9.17, 15) is 4.79 Å². The number of morpholine rings is 1. The molecular formula is C12H24N2O3. The second kappa shape index (κ2) is 7.63. The van der Waals surface area contributed by atoms with E-state index in [2.05, 4.69) is 10.2 Å². The zero-order chi connectivity index (χ0) is 12.7. The second-order valence-corrected chi connectivity index (χ2v) is 4.51. The lowest BCUT2D eigenvalue weighted by Crippen LogP contribution is -2.44. The van der Waals surface area contributed by atoms with Crippen LogP contribution in [0.25, 0.3) is 0 Å². The van der Waals surface area contributed by atoms with E-state index in [1.807, 2.05) is 13.8 Å². The summed E-state index contributed by atoms with van der Waals surface area (Å²) in [5.74, 6) is -0.263. The molecule has 1 fully saturated rings. The predicted octanol–water partition coefficient (Wildman–Crippen LogP) is 0.106. The first-order valence-corrected chi connectivity index (χ1v) is 6.26. The van der Waals surface area contributed by atoms with Gasteiger partial charge in [-0.15, -0.1) is 0 Å². The Bertz CT molecular complexity index is 230. The van der Waals surface area contributed by atoms with Crippen LogP contribution in [0.15, 0.2) is 0 Å². The Labute approximate surface area is 103 Å². The first-order chi connectivity index (χ1) is 8.15. The van der Waals surface area contributed by atoms with Crippen LogP contribution in [-0.4, -0.2) is 63.4 Å². The van der Waals surface area contributed by atoms with E-state index >= 15 is 0 Å². The SMILES string of the molecule is COC(=O)C(C)C(C)NCCN1CCOCC1. The van der Waals surface area contributed by atoms with Crippen LogP contribution in [0, 0.1) is 5.92 Å². The van der Waals surface area contributed by atoms with Crippen molar-refractivity contribution in [2.45, 2.75) is 19.9 Å². The summed E-state index contributed by atoms with van der Waals surface area (Å²) in [4.78, 5) is 13.7. The highest BCUT2D eigenvalue weighted by molar-refractivity contribution is 5.72. The lowest BCUT2D eigenvalue weighted by atomic mass is 10.0. The zero-order valence-corrected chi connectivity index (χ0v) is 11.1. The van der Waals surface area contributed by atoms with Crippen molar-refractivity contribution >= 4 is 5.97 Å². The van der Waals surface area contributed by atoms with Gasteiger partial charge in [-0.05, 0) is 6.92 Å². The molecule has 1 aliphatic heterocycles. The third-order valence-electron chi connectivity index (χ3n) is 3.32. The molecular weight excluding hydrogens is 220 g/mol. The standard InChI is InChI=1S/C12H24N2O3/c1-10(12(15)16-3)11(2)13-4-5-14-6-8-17-9-7-14/h10-11,13H,4-9H2,1-3H3. The Balaban J connectivity index is 2.14. The molecule has 0 aromatic rings. The highest BCUT2D eigenvalue weighted by atomic mass is 16.5. The predicted molar refractivity (Wildman–Crippen MR) is 65.9 cm³/mol. The number of rotatable bonds is 6. The van der Waals surface area contributed by atoms with Crippen molar-refractivity contribution in [1.82, 2.24) is 10.2 Å². The van der Waals surface area contributed by atoms with Crippen molar-refractivity contribution in [2.75, 3.05) is 46.5 Å². The third-order valence-corrected chi connectivity index (χ3v) is 3.32. The van der Waals surface area contributed by atoms with Crippen molar-refractivity contribution in [3.63, 3.8) is 0 Å². The number of carbonyl (C=O) groups is 1. The molecule has 1 N–H and O–H groups in total. The maximum absolute atomic E-state index is 11.3. The number of nitrogens with zero attached hydrogens (tertiary/aromatic N) is 1. The van der Waals surface area contributed by atoms with Crippen molar-refractivity contribution in [3.05, 3.63) is 0 Å². The number of carbonyl (C=O) groups excluding carboxylic acids is 1. The van der Waals surface area contributed by atoms with Gasteiger partial charge in [0.15, 0.2) is 0 Å². The fourth-order valence-corrected chi connectivity index (χ4v) is 1.84. The van der Waals surface area contributed by atoms with Gasteiger partial charge >= 0.3 is 5.97 Å². The maximum atomic E-state index is 11.3. The molecule has 5 nitrogen and oxygen atoms in total. The third kappa shape index (κ3) is 5.02. The molecule has 1 heterocycles. The van der Waals surface area contributed by atoms with E-state index in [4.69, 9.17) is 9.47 Å². The zero-order valence-electron chi connectivity index (χ0n) is 11.1. The summed E-state index contributed by atoms with van der Waals surface area (Å²) in [6.45, 7) is 9.46. The molecule has 2 atom stereocenters. The number of methoxy groups -OCH3 is 1. The van der Waals surface area contributed by atoms with Gasteiger partial charge in [0.25, 0.3) is 0 Å². The summed E-state index contributed by atoms with van der Waals surface area (Å²) < 4.78 is 10.0. The Morgan fingerprint density at radius 2 is 2.06 bits per heavy atom. The summed E-state index contributed by atoms with van der Waals surface area (Å²) in [6.07, 6.45) is 0. The van der Waals surface area contributed by atoms with Crippen LogP contribution in [0.3, 0.4) is 0 Å². The molecule has 1 rings (SSSR count). The van der Waals surface area contributed by atoms with Crippen molar-refractivity contribution in [3.8, 4) is 0 Å². The van der Waals surface area contributed by atoms with E-state index < -0.39 is 0 Å². The van der Waals surface area contributed by atoms with Gasteiger partial charge in [0.05, 0.1) is 26.2 Å². The number of esters is 1. The van der Waals surface area contributed by atoms with Crippen molar-refractivity contribution < 1.29 is 14.3 Å². The first-order valence-electron chi connectivity index (χ1n) is 6.26. The Hall–Kier alpha value is -0.650. The monoisotopic (exact) mass is 244 g/mol. The van der Waals surface area contributed by atoms with Gasteiger partial charge in [0, 0.05) is 32.2 Å². The maximum Gasteiger partial charge on any atom is 0.309 e. The van der Waals surface area contributed by atoms with E-state index in [1.54, 1.807) is 0 Å². The van der Waals surface area contributed by atoms with Crippen LogP contribution in [-0.2, 0) is 14.3 Å². The lowest BCUT2D eigenvalue weighted by molar-refractivity contribution is -0.145. The van der Waals surface area contributed by atoms with Crippen LogP contribution in [0.2, 0.25) is 0 Å². The Morgan fingerprint density at radius 1 is 1.41 bits per heavy atom. The van der Waals surface area contributed by atoms with Crippen LogP contribution < -0.4 is 5.32 Å². The molecule has 5 heteroatoms. The first kappa shape index (κ1) is 14.4. The van der Waals surface area contributed by atoms with Crippen molar-refractivity contribution in [1.29, 1.82) is 0 Å². The minimum absolute atomic E-state index is 0.107. The minimum atomic E-state index is -0.156. The fraction of sp³-hybridized carbons (Fsp3) is 0.917. The minimum Gasteiger partial charge on any atom is -0.469 e. The highest BCUT2D eigenvalue weighted by Gasteiger charge is 2.20. The van der Waals surface area contributed by atoms with E-state index in [0.717, 1.165) is 39.4 Å². The molecule has 17 heavy (non-hydrogen) atoms. The molecule has 1 saturated heterocycles. The topological polar surface area (TPSA) is 50.8 Å². The van der Waals surface area contributed by atoms with E-state index in [0.29, 0.717) is 0 Å². The van der Waals surface area contributed by atoms with Gasteiger partial charge < -0.3 is 14.8 Å². The van der Waals surface area contributed by atoms with Gasteiger partial charge in [-0.25, -0.2) is 0 Å². The summed E-state index contributed by atoms with van der Waals surface area (Å²) >= 11 is 0.